The minimum absolute atomic E-state index is 0.421. The molecule has 0 saturated carbocycles. The molecule has 0 aliphatic heterocycles. The highest BCUT2D eigenvalue weighted by molar-refractivity contribution is 7.96. The van der Waals surface area contributed by atoms with Crippen molar-refractivity contribution < 1.29 is 14.7 Å². The topological polar surface area (TPSA) is 67.3 Å². The maximum absolute atomic E-state index is 12.4. The van der Waals surface area contributed by atoms with Crippen molar-refractivity contribution in [2.75, 3.05) is 0 Å². The molecule has 0 aliphatic rings. The molecule has 1 N–H and O–H groups in total. The van der Waals surface area contributed by atoms with Gasteiger partial charge in [-0.15, -0.1) is 24.0 Å². The van der Waals surface area contributed by atoms with Gasteiger partial charge in [0.15, 0.2) is 5.12 Å². The van der Waals surface area contributed by atoms with E-state index in [1.807, 2.05) is 39.0 Å². The fourth-order valence-corrected chi connectivity index (χ4v) is 5.02. The van der Waals surface area contributed by atoms with Crippen LogP contribution in [-0.2, 0) is 9.59 Å². The second-order valence-corrected chi connectivity index (χ2v) is 7.76. The van der Waals surface area contributed by atoms with E-state index in [9.17, 15) is 14.7 Å². The minimum atomic E-state index is -1.15. The Bertz CT molecular complexity index is 748. The fraction of sp³-hybridized carbons (Fsp3) is 0.500. The third-order valence-corrected chi connectivity index (χ3v) is 5.78. The maximum Gasteiger partial charge on any atom is 0.310 e. The molecule has 130 valence electrons. The van der Waals surface area contributed by atoms with Crippen molar-refractivity contribution in [2.24, 2.45) is 5.41 Å². The molecule has 6 heteroatoms. The molecule has 24 heavy (non-hydrogen) atoms. The summed E-state index contributed by atoms with van der Waals surface area (Å²) in [6.07, 6.45) is 2.24. The van der Waals surface area contributed by atoms with E-state index in [4.69, 9.17) is 0 Å². The number of carbonyl (C=O) groups excluding carboxylic acids is 1. The van der Waals surface area contributed by atoms with Crippen LogP contribution in [0, 0.1) is 12.3 Å². The summed E-state index contributed by atoms with van der Waals surface area (Å²) in [6, 6.07) is 5.91. The van der Waals surface area contributed by atoms with Crippen molar-refractivity contribution in [1.82, 2.24) is 4.98 Å². The molecule has 0 aliphatic carbocycles. The average Bonchev–Trinajstić information content (AvgIpc) is 2.89. The van der Waals surface area contributed by atoms with E-state index >= 15 is 0 Å². The SMILES string of the molecule is CCCC(CCC)(C(=O)O)C(C(=O)S)c1nc2cc(C)ccc2s1. The number of aromatic nitrogens is 1. The first-order chi connectivity index (χ1) is 11.4. The standard InChI is InChI=1S/C18H23NO3S2/c1-4-8-18(9-5-2,17(21)22)14(16(20)23)15-19-12-10-11(3)6-7-13(12)24-15/h6-7,10,14H,4-5,8-9H2,1-3H3,(H,20,23)(H,21,22). The lowest BCUT2D eigenvalue weighted by molar-refractivity contribution is -0.153. The van der Waals surface area contributed by atoms with Gasteiger partial charge in [0, 0.05) is 0 Å². The number of thiazole rings is 1. The molecule has 1 unspecified atom stereocenters. The maximum atomic E-state index is 12.4. The van der Waals surface area contributed by atoms with Crippen LogP contribution in [0.2, 0.25) is 0 Å². The first-order valence-corrected chi connectivity index (χ1v) is 9.45. The van der Waals surface area contributed by atoms with E-state index < -0.39 is 22.4 Å². The number of hydrogen-bond donors (Lipinski definition) is 2. The molecule has 0 radical (unpaired) electrons. The van der Waals surface area contributed by atoms with Crippen LogP contribution in [0.3, 0.4) is 0 Å². The molecular weight excluding hydrogens is 342 g/mol. The van der Waals surface area contributed by atoms with Gasteiger partial charge in [0.1, 0.15) is 5.01 Å². The van der Waals surface area contributed by atoms with Gasteiger partial charge >= 0.3 is 5.97 Å². The van der Waals surface area contributed by atoms with Crippen molar-refractivity contribution in [3.63, 3.8) is 0 Å². The first-order valence-electron chi connectivity index (χ1n) is 8.19. The third kappa shape index (κ3) is 3.49. The highest BCUT2D eigenvalue weighted by Crippen LogP contribution is 2.47. The van der Waals surface area contributed by atoms with Gasteiger partial charge in [0.05, 0.1) is 21.5 Å². The smallest absolute Gasteiger partial charge is 0.310 e. The van der Waals surface area contributed by atoms with Gasteiger partial charge in [-0.1, -0.05) is 32.8 Å². The van der Waals surface area contributed by atoms with E-state index in [0.717, 1.165) is 15.8 Å². The summed E-state index contributed by atoms with van der Waals surface area (Å²) in [5, 5.41) is 10.1. The number of carbonyl (C=O) groups is 2. The molecule has 2 rings (SSSR count). The van der Waals surface area contributed by atoms with Crippen molar-refractivity contribution in [3.8, 4) is 0 Å². The van der Waals surface area contributed by atoms with Gasteiger partial charge in [0.25, 0.3) is 0 Å². The number of thiol groups is 1. The number of nitrogens with zero attached hydrogens (tertiary/aromatic N) is 1. The Labute approximate surface area is 151 Å². The van der Waals surface area contributed by atoms with Crippen LogP contribution in [0.1, 0.15) is 56.0 Å². The van der Waals surface area contributed by atoms with E-state index in [-0.39, 0.29) is 0 Å². The van der Waals surface area contributed by atoms with Crippen LogP contribution in [-0.4, -0.2) is 21.2 Å². The lowest BCUT2D eigenvalue weighted by Gasteiger charge is -2.34. The Morgan fingerprint density at radius 2 is 1.92 bits per heavy atom. The van der Waals surface area contributed by atoms with Gasteiger partial charge in [-0.2, -0.15) is 0 Å². The summed E-state index contributed by atoms with van der Waals surface area (Å²) < 4.78 is 0.961. The predicted octanol–water partition coefficient (Wildman–Crippen LogP) is 4.82. The van der Waals surface area contributed by atoms with E-state index in [1.54, 1.807) is 0 Å². The van der Waals surface area contributed by atoms with Crippen LogP contribution in [0.5, 0.6) is 0 Å². The number of carboxylic acid groups (broad SMARTS) is 1. The van der Waals surface area contributed by atoms with Gasteiger partial charge in [-0.05, 0) is 37.5 Å². The second kappa shape index (κ2) is 7.66. The fourth-order valence-electron chi connectivity index (χ4n) is 3.40. The molecule has 1 aromatic heterocycles. The summed E-state index contributed by atoms with van der Waals surface area (Å²) in [7, 11) is 0. The summed E-state index contributed by atoms with van der Waals surface area (Å²) in [5.74, 6) is -1.76. The number of rotatable bonds is 8. The van der Waals surface area contributed by atoms with Crippen molar-refractivity contribution >= 4 is 45.3 Å². The zero-order valence-corrected chi connectivity index (χ0v) is 15.9. The highest BCUT2D eigenvalue weighted by Gasteiger charge is 2.49. The van der Waals surface area contributed by atoms with Crippen LogP contribution in [0.15, 0.2) is 18.2 Å². The first kappa shape index (κ1) is 18.9. The predicted molar refractivity (Wildman–Crippen MR) is 101 cm³/mol. The van der Waals surface area contributed by atoms with Gasteiger partial charge in [-0.25, -0.2) is 4.98 Å². The molecule has 0 spiro atoms. The van der Waals surface area contributed by atoms with Crippen LogP contribution >= 0.6 is 24.0 Å². The van der Waals surface area contributed by atoms with Gasteiger partial charge < -0.3 is 5.11 Å². The number of aliphatic carboxylic acids is 1. The summed E-state index contributed by atoms with van der Waals surface area (Å²) in [5.41, 5.74) is 0.743. The Morgan fingerprint density at radius 1 is 1.29 bits per heavy atom. The van der Waals surface area contributed by atoms with Crippen LogP contribution in [0.4, 0.5) is 0 Å². The second-order valence-electron chi connectivity index (χ2n) is 6.26. The van der Waals surface area contributed by atoms with Crippen molar-refractivity contribution in [2.45, 2.75) is 52.4 Å². The molecule has 0 saturated heterocycles. The summed E-state index contributed by atoms with van der Waals surface area (Å²) >= 11 is 5.44. The molecule has 2 aromatic rings. The number of hydrogen-bond acceptors (Lipinski definition) is 4. The lowest BCUT2D eigenvalue weighted by atomic mass is 9.69. The molecule has 0 fully saturated rings. The molecular formula is C18H23NO3S2. The Balaban J connectivity index is 2.63. The Kier molecular flexibility index (Phi) is 6.04. The molecule has 1 heterocycles. The number of fused-ring (bicyclic) bond motifs is 1. The highest BCUT2D eigenvalue weighted by atomic mass is 32.1. The third-order valence-electron chi connectivity index (χ3n) is 4.42. The van der Waals surface area contributed by atoms with Crippen LogP contribution < -0.4 is 0 Å². The number of aryl methyl sites for hydroxylation is 1. The minimum Gasteiger partial charge on any atom is -0.481 e. The van der Waals surface area contributed by atoms with Crippen molar-refractivity contribution in [3.05, 3.63) is 28.8 Å². The van der Waals surface area contributed by atoms with E-state index in [1.165, 1.54) is 11.3 Å². The summed E-state index contributed by atoms with van der Waals surface area (Å²) in [4.78, 5) is 29.1. The zero-order valence-electron chi connectivity index (χ0n) is 14.2. The molecule has 1 atom stereocenters. The van der Waals surface area contributed by atoms with E-state index in [0.29, 0.717) is 30.7 Å². The van der Waals surface area contributed by atoms with E-state index in [2.05, 4.69) is 17.6 Å². The Hall–Kier alpha value is -1.40. The molecule has 1 aromatic carbocycles. The monoisotopic (exact) mass is 365 g/mol. The molecule has 0 amide bonds. The lowest BCUT2D eigenvalue weighted by Crippen LogP contribution is -2.40. The quantitative estimate of drug-likeness (QED) is 0.658. The summed E-state index contributed by atoms with van der Waals surface area (Å²) in [6.45, 7) is 5.86. The normalized spacial score (nSPS) is 13.2. The van der Waals surface area contributed by atoms with Crippen LogP contribution in [0.25, 0.3) is 10.2 Å². The zero-order chi connectivity index (χ0) is 17.9. The number of carboxylic acids is 1. The Morgan fingerprint density at radius 3 is 2.42 bits per heavy atom. The van der Waals surface area contributed by atoms with Crippen molar-refractivity contribution in [1.29, 1.82) is 0 Å². The van der Waals surface area contributed by atoms with Gasteiger partial charge in [0.2, 0.25) is 0 Å². The average molecular weight is 366 g/mol. The number of benzene rings is 1. The largest absolute Gasteiger partial charge is 0.481 e. The molecule has 0 bridgehead atoms. The van der Waals surface area contributed by atoms with Gasteiger partial charge in [-0.3, -0.25) is 9.59 Å². The molecule has 4 nitrogen and oxygen atoms in total.